The molecule has 0 radical (unpaired) electrons. The predicted molar refractivity (Wildman–Crippen MR) is 101 cm³/mol. The molecule has 2 aromatic carbocycles. The third-order valence-electron chi connectivity index (χ3n) is 3.92. The van der Waals surface area contributed by atoms with Gasteiger partial charge in [0.2, 0.25) is 5.91 Å². The van der Waals surface area contributed by atoms with Crippen LogP contribution in [0.1, 0.15) is 18.1 Å². The number of nitrogens with one attached hydrogen (secondary N) is 2. The number of carbonyl (C=O) groups excluding carboxylic acids is 1. The zero-order valence-corrected chi connectivity index (χ0v) is 15.1. The SMILES string of the molecule is CCc1cccc(C)c1NCC(=O)NCCOc1ccc(OC)cc1. The first-order valence-electron chi connectivity index (χ1n) is 8.50. The number of ether oxygens (including phenoxy) is 2. The molecular formula is C20H26N2O3. The second-order valence-corrected chi connectivity index (χ2v) is 5.69. The lowest BCUT2D eigenvalue weighted by Gasteiger charge is -2.14. The molecule has 0 saturated carbocycles. The van der Waals surface area contributed by atoms with Crippen molar-refractivity contribution in [3.63, 3.8) is 0 Å². The van der Waals surface area contributed by atoms with E-state index in [1.54, 1.807) is 7.11 Å². The molecule has 25 heavy (non-hydrogen) atoms. The van der Waals surface area contributed by atoms with E-state index in [0.717, 1.165) is 29.2 Å². The van der Waals surface area contributed by atoms with Crippen LogP contribution in [-0.2, 0) is 11.2 Å². The van der Waals surface area contributed by atoms with Gasteiger partial charge in [-0.3, -0.25) is 4.79 Å². The van der Waals surface area contributed by atoms with Gasteiger partial charge in [-0.25, -0.2) is 0 Å². The van der Waals surface area contributed by atoms with Crippen LogP contribution in [0.3, 0.4) is 0 Å². The van der Waals surface area contributed by atoms with Gasteiger partial charge in [-0.1, -0.05) is 25.1 Å². The van der Waals surface area contributed by atoms with Crippen LogP contribution in [-0.4, -0.2) is 32.7 Å². The zero-order chi connectivity index (χ0) is 18.1. The Morgan fingerprint density at radius 1 is 1.08 bits per heavy atom. The summed E-state index contributed by atoms with van der Waals surface area (Å²) in [5.74, 6) is 1.48. The molecule has 0 atom stereocenters. The van der Waals surface area contributed by atoms with Crippen LogP contribution < -0.4 is 20.1 Å². The molecule has 0 aromatic heterocycles. The fourth-order valence-corrected chi connectivity index (χ4v) is 2.54. The molecule has 2 aromatic rings. The quantitative estimate of drug-likeness (QED) is 0.687. The molecule has 0 aliphatic rings. The van der Waals surface area contributed by atoms with Crippen molar-refractivity contribution in [2.24, 2.45) is 0 Å². The lowest BCUT2D eigenvalue weighted by Crippen LogP contribution is -2.33. The number of anilines is 1. The molecule has 5 nitrogen and oxygen atoms in total. The topological polar surface area (TPSA) is 59.6 Å². The van der Waals surface area contributed by atoms with Gasteiger partial charge in [0.25, 0.3) is 0 Å². The van der Waals surface area contributed by atoms with Gasteiger partial charge in [0, 0.05) is 5.69 Å². The normalized spacial score (nSPS) is 10.2. The van der Waals surface area contributed by atoms with Crippen LogP contribution in [0.25, 0.3) is 0 Å². The van der Waals surface area contributed by atoms with Crippen molar-refractivity contribution in [2.75, 3.05) is 32.1 Å². The van der Waals surface area contributed by atoms with Crippen LogP contribution in [0.15, 0.2) is 42.5 Å². The molecule has 0 saturated heterocycles. The minimum absolute atomic E-state index is 0.0522. The third-order valence-corrected chi connectivity index (χ3v) is 3.92. The zero-order valence-electron chi connectivity index (χ0n) is 15.1. The van der Waals surface area contributed by atoms with E-state index in [9.17, 15) is 4.79 Å². The Kier molecular flexibility index (Phi) is 7.14. The van der Waals surface area contributed by atoms with Crippen molar-refractivity contribution < 1.29 is 14.3 Å². The molecule has 0 fully saturated rings. The summed E-state index contributed by atoms with van der Waals surface area (Å²) in [5, 5.41) is 6.09. The van der Waals surface area contributed by atoms with Crippen molar-refractivity contribution >= 4 is 11.6 Å². The summed E-state index contributed by atoms with van der Waals surface area (Å²) < 4.78 is 10.7. The molecule has 2 rings (SSSR count). The maximum atomic E-state index is 12.0. The molecule has 0 spiro atoms. The number of benzene rings is 2. The Labute approximate surface area is 149 Å². The van der Waals surface area contributed by atoms with Crippen LogP contribution in [0.2, 0.25) is 0 Å². The lowest BCUT2D eigenvalue weighted by molar-refractivity contribution is -0.119. The minimum atomic E-state index is -0.0522. The molecule has 0 aliphatic heterocycles. The Hall–Kier alpha value is -2.69. The Bertz CT molecular complexity index is 684. The van der Waals surface area contributed by atoms with E-state index in [2.05, 4.69) is 23.6 Å². The van der Waals surface area contributed by atoms with Crippen molar-refractivity contribution in [1.29, 1.82) is 0 Å². The highest BCUT2D eigenvalue weighted by molar-refractivity contribution is 5.81. The number of aryl methyl sites for hydroxylation is 2. The highest BCUT2D eigenvalue weighted by Crippen LogP contribution is 2.20. The highest BCUT2D eigenvalue weighted by atomic mass is 16.5. The first-order chi connectivity index (χ1) is 12.1. The van der Waals surface area contributed by atoms with Crippen molar-refractivity contribution in [1.82, 2.24) is 5.32 Å². The van der Waals surface area contributed by atoms with E-state index in [1.165, 1.54) is 5.56 Å². The summed E-state index contributed by atoms with van der Waals surface area (Å²) >= 11 is 0. The van der Waals surface area contributed by atoms with Gasteiger partial charge in [-0.05, 0) is 48.7 Å². The summed E-state index contributed by atoms with van der Waals surface area (Å²) in [6.45, 7) is 5.28. The second-order valence-electron chi connectivity index (χ2n) is 5.69. The van der Waals surface area contributed by atoms with E-state index in [1.807, 2.05) is 43.3 Å². The molecule has 1 amide bonds. The standard InChI is InChI=1S/C20H26N2O3/c1-4-16-7-5-6-15(2)20(16)22-14-19(23)21-12-13-25-18-10-8-17(24-3)9-11-18/h5-11,22H,4,12-14H2,1-3H3,(H,21,23). The molecule has 0 aliphatic carbocycles. The highest BCUT2D eigenvalue weighted by Gasteiger charge is 2.06. The largest absolute Gasteiger partial charge is 0.497 e. The van der Waals surface area contributed by atoms with Gasteiger partial charge in [0.05, 0.1) is 20.2 Å². The Balaban J connectivity index is 1.70. The molecule has 134 valence electrons. The molecule has 0 unspecified atom stereocenters. The van der Waals surface area contributed by atoms with Crippen LogP contribution in [0.4, 0.5) is 5.69 Å². The number of hydrogen-bond donors (Lipinski definition) is 2. The number of rotatable bonds is 9. The smallest absolute Gasteiger partial charge is 0.239 e. The fraction of sp³-hybridized carbons (Fsp3) is 0.350. The number of hydrogen-bond acceptors (Lipinski definition) is 4. The summed E-state index contributed by atoms with van der Waals surface area (Å²) in [6, 6.07) is 13.5. The van der Waals surface area contributed by atoms with Gasteiger partial charge in [0.1, 0.15) is 18.1 Å². The monoisotopic (exact) mass is 342 g/mol. The van der Waals surface area contributed by atoms with Gasteiger partial charge in [-0.2, -0.15) is 0 Å². The number of methoxy groups -OCH3 is 1. The van der Waals surface area contributed by atoms with E-state index in [4.69, 9.17) is 9.47 Å². The van der Waals surface area contributed by atoms with Crippen molar-refractivity contribution in [3.8, 4) is 11.5 Å². The summed E-state index contributed by atoms with van der Waals surface area (Å²) in [4.78, 5) is 12.0. The van der Waals surface area contributed by atoms with Gasteiger partial charge >= 0.3 is 0 Å². The molecule has 0 bridgehead atoms. The van der Waals surface area contributed by atoms with E-state index in [0.29, 0.717) is 13.2 Å². The number of carbonyl (C=O) groups is 1. The van der Waals surface area contributed by atoms with E-state index < -0.39 is 0 Å². The number of amides is 1. The maximum Gasteiger partial charge on any atom is 0.239 e. The summed E-state index contributed by atoms with van der Waals surface area (Å²) in [6.07, 6.45) is 0.932. The molecule has 0 heterocycles. The fourth-order valence-electron chi connectivity index (χ4n) is 2.54. The first-order valence-corrected chi connectivity index (χ1v) is 8.50. The van der Waals surface area contributed by atoms with Gasteiger partial charge in [-0.15, -0.1) is 0 Å². The van der Waals surface area contributed by atoms with Crippen LogP contribution in [0, 0.1) is 6.92 Å². The minimum Gasteiger partial charge on any atom is -0.497 e. The van der Waals surface area contributed by atoms with Crippen molar-refractivity contribution in [2.45, 2.75) is 20.3 Å². The lowest BCUT2D eigenvalue weighted by atomic mass is 10.1. The van der Waals surface area contributed by atoms with Gasteiger partial charge < -0.3 is 20.1 Å². The number of para-hydroxylation sites is 1. The van der Waals surface area contributed by atoms with Crippen LogP contribution >= 0.6 is 0 Å². The van der Waals surface area contributed by atoms with Gasteiger partial charge in [0.15, 0.2) is 0 Å². The summed E-state index contributed by atoms with van der Waals surface area (Å²) in [5.41, 5.74) is 3.42. The molecule has 5 heteroatoms. The molecular weight excluding hydrogens is 316 g/mol. The van der Waals surface area contributed by atoms with Crippen molar-refractivity contribution in [3.05, 3.63) is 53.6 Å². The van der Waals surface area contributed by atoms with E-state index in [-0.39, 0.29) is 12.5 Å². The molecule has 2 N–H and O–H groups in total. The average Bonchev–Trinajstić information content (AvgIpc) is 2.64. The Morgan fingerprint density at radius 3 is 2.48 bits per heavy atom. The second kappa shape index (κ2) is 9.57. The average molecular weight is 342 g/mol. The summed E-state index contributed by atoms with van der Waals surface area (Å²) in [7, 11) is 1.62. The third kappa shape index (κ3) is 5.71. The Morgan fingerprint density at radius 2 is 1.80 bits per heavy atom. The predicted octanol–water partition coefficient (Wildman–Crippen LogP) is 3.17. The first kappa shape index (κ1) is 18.6. The van der Waals surface area contributed by atoms with E-state index >= 15 is 0 Å². The van der Waals surface area contributed by atoms with Crippen LogP contribution in [0.5, 0.6) is 11.5 Å². The maximum absolute atomic E-state index is 12.0.